The van der Waals surface area contributed by atoms with Crippen molar-refractivity contribution in [3.63, 3.8) is 0 Å². The third-order valence-electron chi connectivity index (χ3n) is 3.33. The Morgan fingerprint density at radius 1 is 1.21 bits per heavy atom. The van der Waals surface area contributed by atoms with E-state index in [4.69, 9.17) is 10.00 Å². The van der Waals surface area contributed by atoms with E-state index in [0.29, 0.717) is 22.9 Å². The lowest BCUT2D eigenvalue weighted by atomic mass is 10.2. The van der Waals surface area contributed by atoms with E-state index >= 15 is 0 Å². The molecule has 9 nitrogen and oxygen atoms in total. The van der Waals surface area contributed by atoms with Crippen molar-refractivity contribution < 1.29 is 14.3 Å². The van der Waals surface area contributed by atoms with Gasteiger partial charge in [0.2, 0.25) is 5.91 Å². The van der Waals surface area contributed by atoms with Gasteiger partial charge in [-0.25, -0.2) is 14.8 Å². The molecule has 2 aromatic heterocycles. The highest BCUT2D eigenvalue weighted by Gasteiger charge is 2.21. The molecule has 9 heteroatoms. The monoisotopic (exact) mass is 382 g/mol. The number of rotatable bonds is 5. The van der Waals surface area contributed by atoms with Crippen molar-refractivity contribution in [1.82, 2.24) is 15.3 Å². The maximum Gasteiger partial charge on any atom is 0.408 e. The summed E-state index contributed by atoms with van der Waals surface area (Å²) in [6, 6.07) is 7.74. The van der Waals surface area contributed by atoms with Gasteiger partial charge in [0.25, 0.3) is 0 Å². The van der Waals surface area contributed by atoms with E-state index in [1.54, 1.807) is 58.2 Å². The van der Waals surface area contributed by atoms with Crippen LogP contribution in [0.5, 0.6) is 0 Å². The molecular weight excluding hydrogens is 360 g/mol. The van der Waals surface area contributed by atoms with Crippen LogP contribution in [0.25, 0.3) is 0 Å². The fourth-order valence-electron chi connectivity index (χ4n) is 2.05. The zero-order chi connectivity index (χ0) is 20.7. The molecule has 0 aliphatic rings. The molecule has 0 fully saturated rings. The van der Waals surface area contributed by atoms with Crippen molar-refractivity contribution in [3.05, 3.63) is 42.2 Å². The van der Waals surface area contributed by atoms with Crippen molar-refractivity contribution in [3.8, 4) is 6.07 Å². The summed E-state index contributed by atoms with van der Waals surface area (Å²) in [6.07, 6.45) is 2.31. The van der Waals surface area contributed by atoms with Crippen molar-refractivity contribution in [2.75, 3.05) is 10.6 Å². The molecule has 0 radical (unpaired) electrons. The molecule has 0 saturated heterocycles. The Hall–Kier alpha value is -3.67. The van der Waals surface area contributed by atoms with Crippen LogP contribution in [0.15, 0.2) is 36.7 Å². The number of carbonyl (C=O) groups is 2. The van der Waals surface area contributed by atoms with Crippen molar-refractivity contribution >= 4 is 29.3 Å². The molecule has 28 heavy (non-hydrogen) atoms. The van der Waals surface area contributed by atoms with Gasteiger partial charge >= 0.3 is 6.09 Å². The molecule has 0 aliphatic heterocycles. The van der Waals surface area contributed by atoms with Gasteiger partial charge in [0.05, 0.1) is 11.3 Å². The van der Waals surface area contributed by atoms with Gasteiger partial charge < -0.3 is 20.7 Å². The zero-order valence-corrected chi connectivity index (χ0v) is 16.1. The first kappa shape index (κ1) is 20.6. The first-order chi connectivity index (χ1) is 13.2. The number of carbonyl (C=O) groups excluding carboxylic acids is 2. The Labute approximate surface area is 163 Å². The number of aromatic nitrogens is 2. The lowest BCUT2D eigenvalue weighted by Gasteiger charge is -2.22. The molecule has 3 N–H and O–H groups in total. The Balaban J connectivity index is 2.04. The van der Waals surface area contributed by atoms with Crippen molar-refractivity contribution in [2.45, 2.75) is 39.3 Å². The Bertz CT molecular complexity index is 884. The summed E-state index contributed by atoms with van der Waals surface area (Å²) in [4.78, 5) is 32.5. The second-order valence-electron chi connectivity index (χ2n) is 6.93. The number of hydrogen-bond acceptors (Lipinski definition) is 7. The van der Waals surface area contributed by atoms with E-state index in [9.17, 15) is 9.59 Å². The summed E-state index contributed by atoms with van der Waals surface area (Å²) in [6.45, 7) is 6.76. The third kappa shape index (κ3) is 6.25. The Morgan fingerprint density at radius 3 is 2.57 bits per heavy atom. The minimum atomic E-state index is -0.823. The smallest absolute Gasteiger partial charge is 0.408 e. The lowest BCUT2D eigenvalue weighted by Crippen LogP contribution is -2.44. The van der Waals surface area contributed by atoms with Gasteiger partial charge in [-0.2, -0.15) is 5.26 Å². The van der Waals surface area contributed by atoms with E-state index in [1.165, 1.54) is 6.20 Å². The number of nitrogens with one attached hydrogen (secondary N) is 3. The molecule has 2 amide bonds. The van der Waals surface area contributed by atoms with Gasteiger partial charge in [0, 0.05) is 12.4 Å². The molecule has 2 heterocycles. The summed E-state index contributed by atoms with van der Waals surface area (Å²) in [5, 5.41) is 17.0. The third-order valence-corrected chi connectivity index (χ3v) is 3.33. The van der Waals surface area contributed by atoms with Gasteiger partial charge in [-0.3, -0.25) is 4.79 Å². The second kappa shape index (κ2) is 8.81. The van der Waals surface area contributed by atoms with Gasteiger partial charge in [0.1, 0.15) is 23.5 Å². The first-order valence-corrected chi connectivity index (χ1v) is 8.56. The fourth-order valence-corrected chi connectivity index (χ4v) is 2.05. The molecule has 2 aromatic rings. The van der Waals surface area contributed by atoms with E-state index < -0.39 is 23.6 Å². The predicted octanol–water partition coefficient (Wildman–Crippen LogP) is 2.94. The molecule has 0 saturated carbocycles. The topological polar surface area (TPSA) is 129 Å². The Kier molecular flexibility index (Phi) is 6.50. The molecule has 1 atom stereocenters. The average Bonchev–Trinajstić information content (AvgIpc) is 2.62. The van der Waals surface area contributed by atoms with Gasteiger partial charge in [0.15, 0.2) is 5.82 Å². The second-order valence-corrected chi connectivity index (χ2v) is 6.93. The SMILES string of the molecule is C[C@H](NC(=O)OC(C)(C)C)C(=O)Nc1cccnc1Nc1ccc(C#N)cn1. The van der Waals surface area contributed by atoms with E-state index in [2.05, 4.69) is 25.9 Å². The number of pyridine rings is 2. The summed E-state index contributed by atoms with van der Waals surface area (Å²) < 4.78 is 5.14. The van der Waals surface area contributed by atoms with Gasteiger partial charge in [-0.05, 0) is 52.0 Å². The molecule has 146 valence electrons. The highest BCUT2D eigenvalue weighted by Crippen LogP contribution is 2.22. The minimum Gasteiger partial charge on any atom is -0.444 e. The predicted molar refractivity (Wildman–Crippen MR) is 104 cm³/mol. The van der Waals surface area contributed by atoms with Crippen molar-refractivity contribution in [1.29, 1.82) is 5.26 Å². The van der Waals surface area contributed by atoms with Crippen LogP contribution in [0.1, 0.15) is 33.3 Å². The summed E-state index contributed by atoms with van der Waals surface area (Å²) in [5.41, 5.74) is 0.188. The van der Waals surface area contributed by atoms with Crippen LogP contribution in [-0.4, -0.2) is 33.6 Å². The molecular formula is C19H22N6O3. The van der Waals surface area contributed by atoms with Crippen molar-refractivity contribution in [2.24, 2.45) is 0 Å². The molecule has 0 bridgehead atoms. The van der Waals surface area contributed by atoms with Crippen LogP contribution >= 0.6 is 0 Å². The summed E-state index contributed by atoms with van der Waals surface area (Å²) >= 11 is 0. The zero-order valence-electron chi connectivity index (χ0n) is 16.1. The normalized spacial score (nSPS) is 11.7. The Morgan fingerprint density at radius 2 is 1.96 bits per heavy atom. The van der Waals surface area contributed by atoms with Gasteiger partial charge in [-0.1, -0.05) is 0 Å². The number of anilines is 3. The summed E-state index contributed by atoms with van der Waals surface area (Å²) in [5.74, 6) is 0.403. The van der Waals surface area contributed by atoms with Crippen LogP contribution in [-0.2, 0) is 9.53 Å². The molecule has 0 aromatic carbocycles. The molecule has 2 rings (SSSR count). The lowest BCUT2D eigenvalue weighted by molar-refractivity contribution is -0.117. The van der Waals surface area contributed by atoms with E-state index in [-0.39, 0.29) is 0 Å². The molecule has 0 spiro atoms. The van der Waals surface area contributed by atoms with Crippen LogP contribution in [0.4, 0.5) is 22.1 Å². The highest BCUT2D eigenvalue weighted by molar-refractivity contribution is 5.98. The number of alkyl carbamates (subject to hydrolysis) is 1. The number of amides is 2. The minimum absolute atomic E-state index is 0.373. The number of nitrogens with zero attached hydrogens (tertiary/aromatic N) is 3. The standard InChI is InChI=1S/C19H22N6O3/c1-12(23-18(27)28-19(2,3)4)17(26)24-14-6-5-9-21-16(14)25-15-8-7-13(10-20)11-22-15/h5-9,11-12H,1-4H3,(H,23,27)(H,24,26)(H,21,22,25)/t12-/m0/s1. The number of hydrogen-bond donors (Lipinski definition) is 3. The van der Waals surface area contributed by atoms with Gasteiger partial charge in [-0.15, -0.1) is 0 Å². The summed E-state index contributed by atoms with van der Waals surface area (Å²) in [7, 11) is 0. The molecule has 0 aliphatic carbocycles. The van der Waals surface area contributed by atoms with Crippen LogP contribution in [0.3, 0.4) is 0 Å². The average molecular weight is 382 g/mol. The number of ether oxygens (including phenoxy) is 1. The maximum absolute atomic E-state index is 12.4. The van der Waals surface area contributed by atoms with Crippen LogP contribution in [0.2, 0.25) is 0 Å². The largest absolute Gasteiger partial charge is 0.444 e. The first-order valence-electron chi connectivity index (χ1n) is 8.56. The number of nitriles is 1. The maximum atomic E-state index is 12.4. The van der Waals surface area contributed by atoms with E-state index in [1.807, 2.05) is 6.07 Å². The fraction of sp³-hybridized carbons (Fsp3) is 0.316. The van der Waals surface area contributed by atoms with E-state index in [0.717, 1.165) is 0 Å². The highest BCUT2D eigenvalue weighted by atomic mass is 16.6. The molecule has 0 unspecified atom stereocenters. The quantitative estimate of drug-likeness (QED) is 0.725. The van der Waals surface area contributed by atoms with Crippen LogP contribution < -0.4 is 16.0 Å². The van der Waals surface area contributed by atoms with Crippen LogP contribution in [0, 0.1) is 11.3 Å².